The molecule has 158 valence electrons. The highest BCUT2D eigenvalue weighted by molar-refractivity contribution is 8.00. The molecule has 0 spiro atoms. The lowest BCUT2D eigenvalue weighted by Crippen LogP contribution is -2.71. The molecule has 9 nitrogen and oxygen atoms in total. The van der Waals surface area contributed by atoms with Crippen molar-refractivity contribution in [1.29, 1.82) is 0 Å². The van der Waals surface area contributed by atoms with Gasteiger partial charge in [0.25, 0.3) is 5.91 Å². The van der Waals surface area contributed by atoms with Crippen molar-refractivity contribution in [2.45, 2.75) is 24.4 Å². The number of carboxylic acids is 1. The molecule has 1 saturated heterocycles. The third-order valence-corrected chi connectivity index (χ3v) is 5.95. The Bertz CT molecular complexity index is 930. The van der Waals surface area contributed by atoms with Gasteiger partial charge in [0.05, 0.1) is 6.61 Å². The third-order valence-electron chi connectivity index (χ3n) is 4.65. The number of nitrogens with zero attached hydrogens (tertiary/aromatic N) is 1. The predicted octanol–water partition coefficient (Wildman–Crippen LogP) is 0.544. The van der Waals surface area contributed by atoms with Crippen LogP contribution in [0.1, 0.15) is 18.5 Å². The Balaban J connectivity index is 1.74. The first-order valence-corrected chi connectivity index (χ1v) is 10.3. The molecule has 0 saturated carbocycles. The number of benzene rings is 1. The van der Waals surface area contributed by atoms with Crippen molar-refractivity contribution < 1.29 is 29.0 Å². The summed E-state index contributed by atoms with van der Waals surface area (Å²) < 4.78 is 4.79. The van der Waals surface area contributed by atoms with E-state index in [9.17, 15) is 24.3 Å². The summed E-state index contributed by atoms with van der Waals surface area (Å²) in [6.45, 7) is 1.85. The summed E-state index contributed by atoms with van der Waals surface area (Å²) in [7, 11) is 0. The van der Waals surface area contributed by atoms with Crippen molar-refractivity contribution in [2.75, 3.05) is 12.4 Å². The monoisotopic (exact) mass is 431 g/mol. The molecule has 1 fully saturated rings. The maximum absolute atomic E-state index is 12.6. The van der Waals surface area contributed by atoms with Crippen LogP contribution in [-0.4, -0.2) is 57.5 Å². The van der Waals surface area contributed by atoms with Crippen molar-refractivity contribution in [3.8, 4) is 0 Å². The summed E-state index contributed by atoms with van der Waals surface area (Å²) in [6.07, 6.45) is 2.47. The van der Waals surface area contributed by atoms with Gasteiger partial charge in [0.15, 0.2) is 0 Å². The molecule has 2 aliphatic heterocycles. The maximum atomic E-state index is 12.6. The van der Waals surface area contributed by atoms with Crippen molar-refractivity contribution in [3.05, 3.63) is 59.3 Å². The lowest BCUT2D eigenvalue weighted by molar-refractivity contribution is -0.150. The highest BCUT2D eigenvalue weighted by atomic mass is 32.2. The first kappa shape index (κ1) is 21.6. The number of carbonyl (C=O) groups is 4. The Labute approximate surface area is 176 Å². The standard InChI is InChI=1S/C20H21N3O6S/c1-2-29-13(24)9-8-12-10-30-19-15(18(26)23(19)16(12)20(27)28)22-17(25)14(21)11-6-4-3-5-7-11/h3-9,14-15,19H,2,10,21H2,1H3,(H,22,25)(H,27,28)/t14?,15?,19-/m1/s1. The van der Waals surface area contributed by atoms with Crippen LogP contribution in [0.2, 0.25) is 0 Å². The first-order valence-electron chi connectivity index (χ1n) is 9.22. The molecule has 30 heavy (non-hydrogen) atoms. The van der Waals surface area contributed by atoms with E-state index in [-0.39, 0.29) is 18.1 Å². The van der Waals surface area contributed by atoms with Gasteiger partial charge in [-0.3, -0.25) is 14.5 Å². The summed E-state index contributed by atoms with van der Waals surface area (Å²) in [5.41, 5.74) is 6.68. The second-order valence-corrected chi connectivity index (χ2v) is 7.65. The van der Waals surface area contributed by atoms with E-state index < -0.39 is 41.2 Å². The average Bonchev–Trinajstić information content (AvgIpc) is 2.75. The molecule has 1 aromatic carbocycles. The number of allylic oxidation sites excluding steroid dienone is 1. The number of nitrogens with one attached hydrogen (secondary N) is 1. The summed E-state index contributed by atoms with van der Waals surface area (Å²) in [6, 6.07) is 6.91. The summed E-state index contributed by atoms with van der Waals surface area (Å²) in [4.78, 5) is 49.5. The number of fused-ring (bicyclic) bond motifs is 1. The molecule has 2 aliphatic rings. The molecule has 2 amide bonds. The van der Waals surface area contributed by atoms with Gasteiger partial charge >= 0.3 is 11.9 Å². The van der Waals surface area contributed by atoms with Crippen LogP contribution >= 0.6 is 11.8 Å². The molecule has 3 rings (SSSR count). The SMILES string of the molecule is CCOC(=O)C=CC1=C(C(=O)O)N2C(=O)C(NC(=O)C(N)c3ccccc3)[C@H]2SC1. The van der Waals surface area contributed by atoms with Gasteiger partial charge < -0.3 is 20.9 Å². The zero-order chi connectivity index (χ0) is 21.8. The minimum atomic E-state index is -1.29. The van der Waals surface area contributed by atoms with E-state index >= 15 is 0 Å². The van der Waals surface area contributed by atoms with E-state index in [1.807, 2.05) is 0 Å². The molecular weight excluding hydrogens is 410 g/mol. The highest BCUT2D eigenvalue weighted by Gasteiger charge is 2.54. The van der Waals surface area contributed by atoms with Crippen LogP contribution in [0.5, 0.6) is 0 Å². The van der Waals surface area contributed by atoms with Crippen molar-refractivity contribution in [2.24, 2.45) is 5.73 Å². The molecule has 0 radical (unpaired) electrons. The van der Waals surface area contributed by atoms with Gasteiger partial charge in [-0.2, -0.15) is 0 Å². The van der Waals surface area contributed by atoms with E-state index in [4.69, 9.17) is 10.5 Å². The Morgan fingerprint density at radius 3 is 2.70 bits per heavy atom. The lowest BCUT2D eigenvalue weighted by Gasteiger charge is -2.49. The zero-order valence-corrected chi connectivity index (χ0v) is 16.9. The van der Waals surface area contributed by atoms with E-state index in [1.165, 1.54) is 17.8 Å². The van der Waals surface area contributed by atoms with Crippen LogP contribution in [0.3, 0.4) is 0 Å². The molecule has 2 unspecified atom stereocenters. The van der Waals surface area contributed by atoms with E-state index in [2.05, 4.69) is 5.32 Å². The van der Waals surface area contributed by atoms with Gasteiger partial charge in [-0.25, -0.2) is 9.59 Å². The quantitative estimate of drug-likeness (QED) is 0.323. The fourth-order valence-corrected chi connectivity index (χ4v) is 4.50. The van der Waals surface area contributed by atoms with Crippen LogP contribution in [0.25, 0.3) is 0 Å². The summed E-state index contributed by atoms with van der Waals surface area (Å²) in [5.74, 6) is -2.70. The lowest BCUT2D eigenvalue weighted by atomic mass is 10.0. The fraction of sp³-hybridized carbons (Fsp3) is 0.300. The Hall–Kier alpha value is -3.11. The van der Waals surface area contributed by atoms with Crippen LogP contribution in [0, 0.1) is 0 Å². The van der Waals surface area contributed by atoms with Crippen molar-refractivity contribution in [1.82, 2.24) is 10.2 Å². The average molecular weight is 431 g/mol. The van der Waals surface area contributed by atoms with Gasteiger partial charge in [0.2, 0.25) is 5.91 Å². The van der Waals surface area contributed by atoms with Crippen LogP contribution in [0.15, 0.2) is 53.8 Å². The Kier molecular flexibility index (Phi) is 6.58. The number of hydrogen-bond acceptors (Lipinski definition) is 7. The number of rotatable bonds is 7. The normalized spacial score (nSPS) is 21.7. The number of esters is 1. The Morgan fingerprint density at radius 2 is 2.07 bits per heavy atom. The second kappa shape index (κ2) is 9.14. The van der Waals surface area contributed by atoms with Crippen molar-refractivity contribution >= 4 is 35.5 Å². The van der Waals surface area contributed by atoms with Gasteiger partial charge in [-0.15, -0.1) is 11.8 Å². The third kappa shape index (κ3) is 4.24. The maximum Gasteiger partial charge on any atom is 0.352 e. The van der Waals surface area contributed by atoms with E-state index in [0.29, 0.717) is 11.1 Å². The number of ether oxygens (including phenoxy) is 1. The number of amides is 2. The molecule has 4 N–H and O–H groups in total. The van der Waals surface area contributed by atoms with Gasteiger partial charge in [-0.05, 0) is 24.1 Å². The number of nitrogens with two attached hydrogens (primary N) is 1. The summed E-state index contributed by atoms with van der Waals surface area (Å²) in [5, 5.41) is 11.7. The minimum Gasteiger partial charge on any atom is -0.477 e. The number of β-lactam (4-membered cyclic amide) rings is 1. The molecule has 1 aromatic rings. The van der Waals surface area contributed by atoms with Crippen LogP contribution in [0.4, 0.5) is 0 Å². The molecule has 0 bridgehead atoms. The molecule has 0 aliphatic carbocycles. The summed E-state index contributed by atoms with van der Waals surface area (Å²) >= 11 is 1.29. The molecule has 0 aromatic heterocycles. The number of carboxylic acid groups (broad SMARTS) is 1. The number of hydrogen-bond donors (Lipinski definition) is 3. The second-order valence-electron chi connectivity index (χ2n) is 6.55. The number of aliphatic carboxylic acids is 1. The van der Waals surface area contributed by atoms with Gasteiger partial charge in [-0.1, -0.05) is 30.3 Å². The molecule has 3 atom stereocenters. The topological polar surface area (TPSA) is 139 Å². The Morgan fingerprint density at radius 1 is 1.37 bits per heavy atom. The number of carbonyl (C=O) groups excluding carboxylic acids is 3. The zero-order valence-electron chi connectivity index (χ0n) is 16.1. The fourth-order valence-electron chi connectivity index (χ4n) is 3.18. The van der Waals surface area contributed by atoms with E-state index in [1.54, 1.807) is 37.3 Å². The largest absolute Gasteiger partial charge is 0.477 e. The van der Waals surface area contributed by atoms with E-state index in [0.717, 1.165) is 11.0 Å². The molecule has 10 heteroatoms. The molecular formula is C20H21N3O6S. The van der Waals surface area contributed by atoms with Crippen LogP contribution in [-0.2, 0) is 23.9 Å². The minimum absolute atomic E-state index is 0.196. The molecule has 2 heterocycles. The first-order chi connectivity index (χ1) is 14.3. The number of thioether (sulfide) groups is 1. The smallest absolute Gasteiger partial charge is 0.352 e. The highest BCUT2D eigenvalue weighted by Crippen LogP contribution is 2.40. The van der Waals surface area contributed by atoms with Crippen LogP contribution < -0.4 is 11.1 Å². The van der Waals surface area contributed by atoms with Gasteiger partial charge in [0.1, 0.15) is 23.2 Å². The van der Waals surface area contributed by atoms with Crippen molar-refractivity contribution in [3.63, 3.8) is 0 Å². The predicted molar refractivity (Wildman–Crippen MR) is 109 cm³/mol. The van der Waals surface area contributed by atoms with Gasteiger partial charge in [0, 0.05) is 11.8 Å².